The van der Waals surface area contributed by atoms with Crippen LogP contribution in [-0.2, 0) is 5.41 Å². The molecule has 2 heteroatoms. The molecule has 2 N–H and O–H groups in total. The van der Waals surface area contributed by atoms with Crippen LogP contribution in [0.25, 0.3) is 11.1 Å². The van der Waals surface area contributed by atoms with E-state index in [1.165, 1.54) is 33.4 Å². The van der Waals surface area contributed by atoms with Gasteiger partial charge in [0.25, 0.3) is 0 Å². The second kappa shape index (κ2) is 6.11. The maximum Gasteiger partial charge on any atom is 0.0725 e. The first-order chi connectivity index (χ1) is 13.2. The maximum absolute atomic E-state index is 6.36. The van der Waals surface area contributed by atoms with Crippen molar-refractivity contribution in [2.24, 2.45) is 0 Å². The van der Waals surface area contributed by atoms with Crippen molar-refractivity contribution in [1.82, 2.24) is 0 Å². The molecule has 0 unspecified atom stereocenters. The van der Waals surface area contributed by atoms with Crippen molar-refractivity contribution in [3.8, 4) is 11.1 Å². The molecule has 0 saturated heterocycles. The predicted octanol–water partition coefficient (Wildman–Crippen LogP) is 6.39. The van der Waals surface area contributed by atoms with Crippen LogP contribution in [0.5, 0.6) is 0 Å². The van der Waals surface area contributed by atoms with Crippen molar-refractivity contribution in [1.29, 1.82) is 0 Å². The van der Waals surface area contributed by atoms with Crippen LogP contribution in [0.2, 0.25) is 0 Å². The monoisotopic (exact) mass is 411 g/mol. The molecule has 5 rings (SSSR count). The molecule has 130 valence electrons. The molecule has 0 fully saturated rings. The Hall–Kier alpha value is -2.84. The third-order valence-electron chi connectivity index (χ3n) is 5.58. The van der Waals surface area contributed by atoms with E-state index in [2.05, 4.69) is 107 Å². The van der Waals surface area contributed by atoms with Crippen LogP contribution < -0.4 is 5.73 Å². The van der Waals surface area contributed by atoms with Gasteiger partial charge in [-0.1, -0.05) is 91.0 Å². The van der Waals surface area contributed by atoms with Gasteiger partial charge in [0.05, 0.1) is 5.41 Å². The number of nitrogen functional groups attached to an aromatic ring is 1. The van der Waals surface area contributed by atoms with E-state index in [0.29, 0.717) is 0 Å². The summed E-state index contributed by atoms with van der Waals surface area (Å²) in [5.74, 6) is 0. The van der Waals surface area contributed by atoms with Crippen molar-refractivity contribution < 1.29 is 0 Å². The van der Waals surface area contributed by atoms with Gasteiger partial charge in [-0.25, -0.2) is 0 Å². The Morgan fingerprint density at radius 3 is 1.78 bits per heavy atom. The lowest BCUT2D eigenvalue weighted by Crippen LogP contribution is -2.29. The van der Waals surface area contributed by atoms with Crippen LogP contribution in [0.1, 0.15) is 22.3 Å². The molecular formula is C25H18BrN. The summed E-state index contributed by atoms with van der Waals surface area (Å²) in [4.78, 5) is 0. The fourth-order valence-electron chi connectivity index (χ4n) is 4.51. The van der Waals surface area contributed by atoms with E-state index in [1.54, 1.807) is 0 Å². The molecule has 0 heterocycles. The third kappa shape index (κ3) is 2.17. The summed E-state index contributed by atoms with van der Waals surface area (Å²) < 4.78 is 0.976. The summed E-state index contributed by atoms with van der Waals surface area (Å²) in [6, 6.07) is 34.3. The summed E-state index contributed by atoms with van der Waals surface area (Å²) in [6.07, 6.45) is 0. The number of anilines is 1. The Labute approximate surface area is 167 Å². The predicted molar refractivity (Wildman–Crippen MR) is 116 cm³/mol. The van der Waals surface area contributed by atoms with E-state index >= 15 is 0 Å². The topological polar surface area (TPSA) is 26.0 Å². The zero-order valence-corrected chi connectivity index (χ0v) is 16.3. The average Bonchev–Trinajstić information content (AvgIpc) is 3.04. The largest absolute Gasteiger partial charge is 0.398 e. The molecule has 0 bridgehead atoms. The summed E-state index contributed by atoms with van der Waals surface area (Å²) in [5.41, 5.74) is 14.2. The molecule has 1 nitrogen and oxygen atoms in total. The van der Waals surface area contributed by atoms with Crippen LogP contribution in [0.4, 0.5) is 5.69 Å². The van der Waals surface area contributed by atoms with E-state index in [1.807, 2.05) is 6.07 Å². The molecule has 0 spiro atoms. The van der Waals surface area contributed by atoms with Crippen LogP contribution in [0.3, 0.4) is 0 Å². The van der Waals surface area contributed by atoms with Crippen molar-refractivity contribution in [2.75, 3.05) is 5.73 Å². The van der Waals surface area contributed by atoms with Gasteiger partial charge in [-0.3, -0.25) is 0 Å². The number of fused-ring (bicyclic) bond motifs is 3. The highest BCUT2D eigenvalue weighted by molar-refractivity contribution is 9.10. The third-order valence-corrected chi connectivity index (χ3v) is 6.44. The van der Waals surface area contributed by atoms with Gasteiger partial charge in [0, 0.05) is 10.2 Å². The minimum absolute atomic E-state index is 0.400. The molecule has 1 aliphatic rings. The highest BCUT2D eigenvalue weighted by atomic mass is 79.9. The molecule has 0 aliphatic heterocycles. The fraction of sp³-hybridized carbons (Fsp3) is 0.0400. The van der Waals surface area contributed by atoms with Gasteiger partial charge in [-0.05, 0) is 55.4 Å². The minimum atomic E-state index is -0.400. The van der Waals surface area contributed by atoms with Gasteiger partial charge in [0.15, 0.2) is 0 Å². The van der Waals surface area contributed by atoms with Gasteiger partial charge < -0.3 is 5.73 Å². The molecular weight excluding hydrogens is 394 g/mol. The molecule has 0 aromatic heterocycles. The Morgan fingerprint density at radius 1 is 0.593 bits per heavy atom. The number of rotatable bonds is 2. The fourth-order valence-corrected chi connectivity index (χ4v) is 5.15. The SMILES string of the molecule is Nc1ccc2c(c1Br)C(c1ccccc1)(c1ccccc1)c1ccccc1-2. The first kappa shape index (κ1) is 16.3. The molecule has 0 atom stereocenters. The Balaban J connectivity index is 2.02. The number of hydrogen-bond acceptors (Lipinski definition) is 1. The second-order valence-corrected chi connectivity index (χ2v) is 7.71. The van der Waals surface area contributed by atoms with Gasteiger partial charge in [-0.2, -0.15) is 0 Å². The first-order valence-corrected chi connectivity index (χ1v) is 9.83. The average molecular weight is 412 g/mol. The van der Waals surface area contributed by atoms with E-state index in [4.69, 9.17) is 5.73 Å². The van der Waals surface area contributed by atoms with E-state index < -0.39 is 5.41 Å². The second-order valence-electron chi connectivity index (χ2n) is 6.92. The molecule has 0 amide bonds. The van der Waals surface area contributed by atoms with Crippen LogP contribution >= 0.6 is 15.9 Å². The summed E-state index contributed by atoms with van der Waals surface area (Å²) in [5, 5.41) is 0. The highest BCUT2D eigenvalue weighted by Crippen LogP contribution is 2.58. The Kier molecular flexibility index (Phi) is 3.70. The van der Waals surface area contributed by atoms with Gasteiger partial charge in [0.2, 0.25) is 0 Å². The summed E-state index contributed by atoms with van der Waals surface area (Å²) >= 11 is 3.84. The van der Waals surface area contributed by atoms with Crippen molar-refractivity contribution in [3.63, 3.8) is 0 Å². The van der Waals surface area contributed by atoms with Crippen LogP contribution in [0, 0.1) is 0 Å². The lowest BCUT2D eigenvalue weighted by atomic mass is 9.67. The van der Waals surface area contributed by atoms with Crippen molar-refractivity contribution >= 4 is 21.6 Å². The number of halogens is 1. The molecule has 1 aliphatic carbocycles. The quantitative estimate of drug-likeness (QED) is 0.334. The van der Waals surface area contributed by atoms with Crippen LogP contribution in [-0.4, -0.2) is 0 Å². The summed E-state index contributed by atoms with van der Waals surface area (Å²) in [7, 11) is 0. The Bertz CT molecular complexity index is 1090. The molecule has 0 radical (unpaired) electrons. The zero-order chi connectivity index (χ0) is 18.4. The van der Waals surface area contributed by atoms with E-state index in [-0.39, 0.29) is 0 Å². The van der Waals surface area contributed by atoms with Gasteiger partial charge in [0.1, 0.15) is 0 Å². The van der Waals surface area contributed by atoms with Crippen molar-refractivity contribution in [3.05, 3.63) is 124 Å². The van der Waals surface area contributed by atoms with Gasteiger partial charge >= 0.3 is 0 Å². The molecule has 27 heavy (non-hydrogen) atoms. The summed E-state index contributed by atoms with van der Waals surface area (Å²) in [6.45, 7) is 0. The smallest absolute Gasteiger partial charge is 0.0725 e. The molecule has 0 saturated carbocycles. The maximum atomic E-state index is 6.36. The van der Waals surface area contributed by atoms with E-state index in [0.717, 1.165) is 10.2 Å². The van der Waals surface area contributed by atoms with Gasteiger partial charge in [-0.15, -0.1) is 0 Å². The zero-order valence-electron chi connectivity index (χ0n) is 14.7. The number of benzene rings is 4. The lowest BCUT2D eigenvalue weighted by molar-refractivity contribution is 0.765. The highest BCUT2D eigenvalue weighted by Gasteiger charge is 2.47. The van der Waals surface area contributed by atoms with E-state index in [9.17, 15) is 0 Å². The van der Waals surface area contributed by atoms with Crippen LogP contribution in [0.15, 0.2) is 102 Å². The lowest BCUT2D eigenvalue weighted by Gasteiger charge is -2.34. The molecule has 4 aromatic carbocycles. The standard InChI is InChI=1S/C25H18BrN/c26-24-22(27)16-15-20-19-13-7-8-14-21(19)25(23(20)24,17-9-3-1-4-10-17)18-11-5-2-6-12-18/h1-16H,27H2. The molecule has 4 aromatic rings. The number of nitrogens with two attached hydrogens (primary N) is 1. The first-order valence-electron chi connectivity index (χ1n) is 9.04. The van der Waals surface area contributed by atoms with Crippen molar-refractivity contribution in [2.45, 2.75) is 5.41 Å². The normalized spacial score (nSPS) is 13.8. The Morgan fingerprint density at radius 2 is 1.15 bits per heavy atom. The number of hydrogen-bond donors (Lipinski definition) is 1. The minimum Gasteiger partial charge on any atom is -0.398 e.